The first kappa shape index (κ1) is 16.0. The predicted octanol–water partition coefficient (Wildman–Crippen LogP) is 2.85. The minimum absolute atomic E-state index is 0.0168. The van der Waals surface area contributed by atoms with Crippen molar-refractivity contribution in [1.29, 1.82) is 0 Å². The summed E-state index contributed by atoms with van der Waals surface area (Å²) in [5.74, 6) is 0.575. The van der Waals surface area contributed by atoms with E-state index in [1.807, 2.05) is 6.07 Å². The average molecular weight is 389 g/mol. The fourth-order valence-corrected chi connectivity index (χ4v) is 2.59. The number of nitrogens with one attached hydrogen (secondary N) is 2. The number of hydrazone groups is 1. The number of methoxy groups -OCH3 is 1. The van der Waals surface area contributed by atoms with Crippen LogP contribution in [0.1, 0.15) is 5.56 Å². The van der Waals surface area contributed by atoms with Crippen LogP contribution in [0, 0.1) is 0 Å². The molecule has 24 heavy (non-hydrogen) atoms. The first-order chi connectivity index (χ1) is 11.6. The van der Waals surface area contributed by atoms with Gasteiger partial charge in [-0.05, 0) is 45.8 Å². The molecule has 0 spiro atoms. The molecule has 0 radical (unpaired) electrons. The van der Waals surface area contributed by atoms with E-state index >= 15 is 0 Å². The summed E-state index contributed by atoms with van der Waals surface area (Å²) in [7, 11) is 1.46. The van der Waals surface area contributed by atoms with Gasteiger partial charge in [0.15, 0.2) is 11.5 Å². The van der Waals surface area contributed by atoms with Crippen LogP contribution in [0.15, 0.2) is 50.8 Å². The molecule has 3 rings (SSSR count). The molecule has 2 aromatic carbocycles. The van der Waals surface area contributed by atoms with E-state index in [1.54, 1.807) is 30.3 Å². The van der Waals surface area contributed by atoms with Gasteiger partial charge in [-0.2, -0.15) is 5.10 Å². The molecule has 1 heterocycles. The second kappa shape index (κ2) is 6.71. The van der Waals surface area contributed by atoms with Gasteiger partial charge in [0.2, 0.25) is 5.95 Å². The highest BCUT2D eigenvalue weighted by Crippen LogP contribution is 2.34. The van der Waals surface area contributed by atoms with Gasteiger partial charge in [0.25, 0.3) is 5.56 Å². The number of anilines is 1. The number of benzene rings is 2. The Balaban J connectivity index is 1.84. The number of halogens is 1. The number of nitrogens with zero attached hydrogens (tertiary/aromatic N) is 2. The lowest BCUT2D eigenvalue weighted by Gasteiger charge is -2.06. The molecule has 0 saturated heterocycles. The van der Waals surface area contributed by atoms with E-state index < -0.39 is 0 Å². The quantitative estimate of drug-likeness (QED) is 0.471. The lowest BCUT2D eigenvalue weighted by atomic mass is 10.2. The molecule has 122 valence electrons. The number of aromatic hydroxyl groups is 1. The van der Waals surface area contributed by atoms with E-state index in [-0.39, 0.29) is 17.3 Å². The minimum atomic E-state index is -0.243. The predicted molar refractivity (Wildman–Crippen MR) is 95.9 cm³/mol. The average Bonchev–Trinajstić information content (AvgIpc) is 2.58. The molecule has 0 aliphatic heterocycles. The normalized spacial score (nSPS) is 11.1. The van der Waals surface area contributed by atoms with Gasteiger partial charge in [-0.1, -0.05) is 12.1 Å². The number of ether oxygens (including phenoxy) is 1. The number of para-hydroxylation sites is 1. The maximum atomic E-state index is 12.0. The molecule has 0 saturated carbocycles. The van der Waals surface area contributed by atoms with Crippen molar-refractivity contribution in [3.05, 3.63) is 56.8 Å². The third kappa shape index (κ3) is 3.23. The number of hydrogen-bond donors (Lipinski definition) is 3. The standard InChI is InChI=1S/C16H13BrN4O3/c1-24-13-7-9(6-11(17)14(13)22)8-18-21-16-19-12-5-3-2-4-10(12)15(23)20-16/h2-8,22H,1H3,(H2,19,20,21,23)/b18-8+. The van der Waals surface area contributed by atoms with Crippen molar-refractivity contribution in [3.8, 4) is 11.5 Å². The molecule has 3 aromatic rings. The fourth-order valence-electron chi connectivity index (χ4n) is 2.13. The van der Waals surface area contributed by atoms with Crippen molar-refractivity contribution in [2.45, 2.75) is 0 Å². The van der Waals surface area contributed by atoms with Gasteiger partial charge in [0.1, 0.15) is 0 Å². The third-order valence-electron chi connectivity index (χ3n) is 3.27. The Morgan fingerprint density at radius 2 is 2.17 bits per heavy atom. The highest BCUT2D eigenvalue weighted by atomic mass is 79.9. The Morgan fingerprint density at radius 3 is 2.96 bits per heavy atom. The van der Waals surface area contributed by atoms with Gasteiger partial charge in [-0.25, -0.2) is 10.4 Å². The molecule has 0 bridgehead atoms. The number of phenolic OH excluding ortho intramolecular Hbond substituents is 1. The number of fused-ring (bicyclic) bond motifs is 1. The maximum absolute atomic E-state index is 12.0. The number of aromatic nitrogens is 2. The van der Waals surface area contributed by atoms with Crippen LogP contribution in [-0.4, -0.2) is 28.4 Å². The van der Waals surface area contributed by atoms with Crippen molar-refractivity contribution >= 4 is 39.0 Å². The van der Waals surface area contributed by atoms with Gasteiger partial charge in [0, 0.05) is 0 Å². The molecule has 0 aliphatic rings. The number of phenols is 1. The summed E-state index contributed by atoms with van der Waals surface area (Å²) in [6, 6.07) is 10.3. The van der Waals surface area contributed by atoms with Crippen molar-refractivity contribution in [2.24, 2.45) is 5.10 Å². The smallest absolute Gasteiger partial charge is 0.260 e. The molecule has 0 amide bonds. The zero-order chi connectivity index (χ0) is 17.1. The minimum Gasteiger partial charge on any atom is -0.503 e. The van der Waals surface area contributed by atoms with Gasteiger partial charge >= 0.3 is 0 Å². The first-order valence-corrected chi connectivity index (χ1v) is 7.72. The molecule has 8 heteroatoms. The fraction of sp³-hybridized carbons (Fsp3) is 0.0625. The number of rotatable bonds is 4. The molecule has 1 aromatic heterocycles. The topological polar surface area (TPSA) is 99.6 Å². The second-order valence-corrected chi connectivity index (χ2v) is 5.71. The summed E-state index contributed by atoms with van der Waals surface area (Å²) in [6.07, 6.45) is 1.52. The lowest BCUT2D eigenvalue weighted by molar-refractivity contribution is 0.372. The Labute approximate surface area is 145 Å². The van der Waals surface area contributed by atoms with Crippen LogP contribution in [0.5, 0.6) is 11.5 Å². The summed E-state index contributed by atoms with van der Waals surface area (Å²) in [5, 5.41) is 14.3. The van der Waals surface area contributed by atoms with Gasteiger partial charge in [-0.3, -0.25) is 9.78 Å². The Hall–Kier alpha value is -2.87. The maximum Gasteiger partial charge on any atom is 0.260 e. The van der Waals surface area contributed by atoms with E-state index in [4.69, 9.17) is 4.74 Å². The van der Waals surface area contributed by atoms with Crippen LogP contribution >= 0.6 is 15.9 Å². The molecule has 7 nitrogen and oxygen atoms in total. The summed E-state index contributed by atoms with van der Waals surface area (Å²) < 4.78 is 5.56. The molecule has 0 atom stereocenters. The lowest BCUT2D eigenvalue weighted by Crippen LogP contribution is -2.10. The summed E-state index contributed by atoms with van der Waals surface area (Å²) in [4.78, 5) is 18.9. The summed E-state index contributed by atoms with van der Waals surface area (Å²) >= 11 is 3.24. The van der Waals surface area contributed by atoms with E-state index in [9.17, 15) is 9.90 Å². The van der Waals surface area contributed by atoms with Gasteiger partial charge in [-0.15, -0.1) is 0 Å². The zero-order valence-electron chi connectivity index (χ0n) is 12.6. The van der Waals surface area contributed by atoms with Gasteiger partial charge < -0.3 is 9.84 Å². The SMILES string of the molecule is COc1cc(/C=N/Nc2nc3ccccc3c(=O)[nH]2)cc(Br)c1O. The number of hydrogen-bond acceptors (Lipinski definition) is 6. The molecule has 0 fully saturated rings. The van der Waals surface area contributed by atoms with Crippen LogP contribution < -0.4 is 15.7 Å². The molecule has 3 N–H and O–H groups in total. The molecular weight excluding hydrogens is 376 g/mol. The molecule has 0 unspecified atom stereocenters. The van der Waals surface area contributed by atoms with Crippen molar-refractivity contribution < 1.29 is 9.84 Å². The highest BCUT2D eigenvalue weighted by Gasteiger charge is 2.07. The first-order valence-electron chi connectivity index (χ1n) is 6.93. The Morgan fingerprint density at radius 1 is 1.38 bits per heavy atom. The van der Waals surface area contributed by atoms with Crippen molar-refractivity contribution in [3.63, 3.8) is 0 Å². The van der Waals surface area contributed by atoms with Crippen LogP contribution in [0.4, 0.5) is 5.95 Å². The van der Waals surface area contributed by atoms with Crippen LogP contribution in [0.3, 0.4) is 0 Å². The van der Waals surface area contributed by atoms with Crippen LogP contribution in [0.25, 0.3) is 10.9 Å². The van der Waals surface area contributed by atoms with Gasteiger partial charge in [0.05, 0.1) is 28.7 Å². The summed E-state index contributed by atoms with van der Waals surface area (Å²) in [6.45, 7) is 0. The monoisotopic (exact) mass is 388 g/mol. The largest absolute Gasteiger partial charge is 0.503 e. The van der Waals surface area contributed by atoms with E-state index in [1.165, 1.54) is 13.3 Å². The Bertz CT molecular complexity index is 985. The van der Waals surface area contributed by atoms with E-state index in [0.29, 0.717) is 26.7 Å². The number of H-pyrrole nitrogens is 1. The number of aromatic amines is 1. The Kier molecular flexibility index (Phi) is 4.48. The van der Waals surface area contributed by atoms with Crippen molar-refractivity contribution in [1.82, 2.24) is 9.97 Å². The molecular formula is C16H13BrN4O3. The third-order valence-corrected chi connectivity index (χ3v) is 3.87. The zero-order valence-corrected chi connectivity index (χ0v) is 14.2. The van der Waals surface area contributed by atoms with E-state index in [0.717, 1.165) is 0 Å². The van der Waals surface area contributed by atoms with Crippen molar-refractivity contribution in [2.75, 3.05) is 12.5 Å². The molecule has 0 aliphatic carbocycles. The van der Waals surface area contributed by atoms with Crippen LogP contribution in [0.2, 0.25) is 0 Å². The second-order valence-electron chi connectivity index (χ2n) is 4.86. The van der Waals surface area contributed by atoms with E-state index in [2.05, 4.69) is 36.4 Å². The summed E-state index contributed by atoms with van der Waals surface area (Å²) in [5.41, 5.74) is 3.70. The highest BCUT2D eigenvalue weighted by molar-refractivity contribution is 9.10. The van der Waals surface area contributed by atoms with Crippen LogP contribution in [-0.2, 0) is 0 Å².